The number of benzene rings is 2. The molecular formula is C22H22N2O5S. The van der Waals surface area contributed by atoms with Crippen molar-refractivity contribution in [3.05, 3.63) is 70.2 Å². The van der Waals surface area contributed by atoms with Gasteiger partial charge in [-0.05, 0) is 18.2 Å². The van der Waals surface area contributed by atoms with E-state index in [0.717, 1.165) is 5.56 Å². The standard InChI is InChI=1S/C22H22N2O5S/c1-27-18-9-5-3-7-15(18)11-22(26)29-13-16-14-30-21(23-16)12-20(25)24-17-8-4-6-10-19(17)28-2/h3-10,14H,11-13H2,1-2H3,(H,24,25). The van der Waals surface area contributed by atoms with Gasteiger partial charge in [-0.25, -0.2) is 4.98 Å². The number of esters is 1. The second-order valence-electron chi connectivity index (χ2n) is 6.31. The van der Waals surface area contributed by atoms with Crippen LogP contribution in [0.25, 0.3) is 0 Å². The van der Waals surface area contributed by atoms with Gasteiger partial charge in [0.05, 0.1) is 38.4 Å². The Kier molecular flexibility index (Phi) is 7.40. The van der Waals surface area contributed by atoms with E-state index < -0.39 is 0 Å². The van der Waals surface area contributed by atoms with Crippen molar-refractivity contribution in [2.24, 2.45) is 0 Å². The Morgan fingerprint density at radius 3 is 2.43 bits per heavy atom. The molecule has 0 spiro atoms. The van der Waals surface area contributed by atoms with Crippen LogP contribution >= 0.6 is 11.3 Å². The minimum atomic E-state index is -0.372. The Morgan fingerprint density at radius 2 is 1.67 bits per heavy atom. The molecule has 0 aliphatic carbocycles. The van der Waals surface area contributed by atoms with Crippen molar-refractivity contribution < 1.29 is 23.8 Å². The van der Waals surface area contributed by atoms with Crippen molar-refractivity contribution in [2.75, 3.05) is 19.5 Å². The third-order valence-corrected chi connectivity index (χ3v) is 5.10. The molecule has 3 aromatic rings. The summed E-state index contributed by atoms with van der Waals surface area (Å²) in [6.07, 6.45) is 0.236. The lowest BCUT2D eigenvalue weighted by Crippen LogP contribution is -2.15. The molecule has 3 rings (SSSR count). The van der Waals surface area contributed by atoms with Crippen LogP contribution in [0.3, 0.4) is 0 Å². The largest absolute Gasteiger partial charge is 0.496 e. The van der Waals surface area contributed by atoms with Crippen LogP contribution < -0.4 is 14.8 Å². The predicted molar refractivity (Wildman–Crippen MR) is 114 cm³/mol. The topological polar surface area (TPSA) is 86.8 Å². The number of hydrogen-bond donors (Lipinski definition) is 1. The summed E-state index contributed by atoms with van der Waals surface area (Å²) in [7, 11) is 3.11. The van der Waals surface area contributed by atoms with Gasteiger partial charge in [0.2, 0.25) is 5.91 Å². The number of rotatable bonds is 9. The van der Waals surface area contributed by atoms with Gasteiger partial charge >= 0.3 is 5.97 Å². The second-order valence-corrected chi connectivity index (χ2v) is 7.25. The summed E-state index contributed by atoms with van der Waals surface area (Å²) >= 11 is 1.35. The summed E-state index contributed by atoms with van der Waals surface area (Å²) in [6.45, 7) is 0.0542. The molecule has 1 amide bonds. The van der Waals surface area contributed by atoms with Gasteiger partial charge in [0.15, 0.2) is 0 Å². The van der Waals surface area contributed by atoms with E-state index in [1.807, 2.05) is 30.3 Å². The average molecular weight is 426 g/mol. The monoisotopic (exact) mass is 426 g/mol. The predicted octanol–water partition coefficient (Wildman–Crippen LogP) is 3.63. The molecule has 0 radical (unpaired) electrons. The number of thiazole rings is 1. The Balaban J connectivity index is 1.50. The van der Waals surface area contributed by atoms with E-state index >= 15 is 0 Å². The molecule has 0 fully saturated rings. The number of ether oxygens (including phenoxy) is 3. The van der Waals surface area contributed by atoms with Crippen LogP contribution in [0.4, 0.5) is 5.69 Å². The van der Waals surface area contributed by atoms with Crippen LogP contribution in [0.1, 0.15) is 16.3 Å². The Morgan fingerprint density at radius 1 is 0.967 bits per heavy atom. The van der Waals surface area contributed by atoms with Gasteiger partial charge in [-0.3, -0.25) is 9.59 Å². The van der Waals surface area contributed by atoms with E-state index in [4.69, 9.17) is 14.2 Å². The van der Waals surface area contributed by atoms with Crippen LogP contribution in [-0.4, -0.2) is 31.1 Å². The Labute approximate surface area is 178 Å². The first-order chi connectivity index (χ1) is 14.6. The maximum atomic E-state index is 12.3. The van der Waals surface area contributed by atoms with Crippen LogP contribution in [0, 0.1) is 0 Å². The molecular weight excluding hydrogens is 404 g/mol. The van der Waals surface area contributed by atoms with Crippen molar-refractivity contribution in [3.63, 3.8) is 0 Å². The third kappa shape index (κ3) is 5.81. The van der Waals surface area contributed by atoms with Gasteiger partial charge in [-0.1, -0.05) is 30.3 Å². The Hall–Kier alpha value is -3.39. The summed E-state index contributed by atoms with van der Waals surface area (Å²) in [4.78, 5) is 28.8. The lowest BCUT2D eigenvalue weighted by molar-refractivity contribution is -0.144. The molecule has 0 saturated heterocycles. The minimum Gasteiger partial charge on any atom is -0.496 e. The molecule has 1 N–H and O–H groups in total. The summed E-state index contributed by atoms with van der Waals surface area (Å²) in [5.41, 5.74) is 1.97. The van der Waals surface area contributed by atoms with Gasteiger partial charge < -0.3 is 19.5 Å². The van der Waals surface area contributed by atoms with Crippen molar-refractivity contribution in [1.82, 2.24) is 4.98 Å². The zero-order chi connectivity index (χ0) is 21.3. The molecule has 1 heterocycles. The normalized spacial score (nSPS) is 10.3. The zero-order valence-corrected chi connectivity index (χ0v) is 17.5. The molecule has 7 nitrogen and oxygen atoms in total. The number of para-hydroxylation sites is 3. The molecule has 0 unspecified atom stereocenters. The zero-order valence-electron chi connectivity index (χ0n) is 16.7. The number of carbonyl (C=O) groups is 2. The SMILES string of the molecule is COc1ccccc1CC(=O)OCc1csc(CC(=O)Nc2ccccc2OC)n1. The fourth-order valence-electron chi connectivity index (χ4n) is 2.79. The highest BCUT2D eigenvalue weighted by Crippen LogP contribution is 2.23. The van der Waals surface area contributed by atoms with Crippen molar-refractivity contribution in [2.45, 2.75) is 19.4 Å². The maximum absolute atomic E-state index is 12.3. The quantitative estimate of drug-likeness (QED) is 0.526. The van der Waals surface area contributed by atoms with Gasteiger partial charge in [-0.2, -0.15) is 0 Å². The highest BCUT2D eigenvalue weighted by molar-refractivity contribution is 7.09. The van der Waals surface area contributed by atoms with E-state index in [9.17, 15) is 9.59 Å². The molecule has 1 aromatic heterocycles. The number of nitrogens with zero attached hydrogens (tertiary/aromatic N) is 1. The summed E-state index contributed by atoms with van der Waals surface area (Å²) in [5, 5.41) is 5.23. The molecule has 0 bridgehead atoms. The average Bonchev–Trinajstić information content (AvgIpc) is 3.20. The highest BCUT2D eigenvalue weighted by atomic mass is 32.1. The summed E-state index contributed by atoms with van der Waals surface area (Å²) < 4.78 is 15.8. The lowest BCUT2D eigenvalue weighted by atomic mass is 10.1. The molecule has 0 aliphatic rings. The smallest absolute Gasteiger partial charge is 0.310 e. The lowest BCUT2D eigenvalue weighted by Gasteiger charge is -2.09. The van der Waals surface area contributed by atoms with E-state index in [-0.39, 0.29) is 31.3 Å². The maximum Gasteiger partial charge on any atom is 0.310 e. The molecule has 30 heavy (non-hydrogen) atoms. The minimum absolute atomic E-state index is 0.0542. The highest BCUT2D eigenvalue weighted by Gasteiger charge is 2.13. The van der Waals surface area contributed by atoms with Crippen LogP contribution in [0.15, 0.2) is 53.9 Å². The fraction of sp³-hybridized carbons (Fsp3) is 0.227. The first-order valence-electron chi connectivity index (χ1n) is 9.22. The van der Waals surface area contributed by atoms with E-state index in [2.05, 4.69) is 10.3 Å². The summed E-state index contributed by atoms with van der Waals surface area (Å²) in [5.74, 6) is 0.663. The number of hydrogen-bond acceptors (Lipinski definition) is 7. The van der Waals surface area contributed by atoms with Crippen LogP contribution in [0.2, 0.25) is 0 Å². The van der Waals surface area contributed by atoms with Crippen molar-refractivity contribution in [3.8, 4) is 11.5 Å². The van der Waals surface area contributed by atoms with Crippen LogP contribution in [0.5, 0.6) is 11.5 Å². The number of methoxy groups -OCH3 is 2. The number of carbonyl (C=O) groups excluding carboxylic acids is 2. The molecule has 156 valence electrons. The Bertz CT molecular complexity index is 1020. The number of amides is 1. The molecule has 0 atom stereocenters. The van der Waals surface area contributed by atoms with E-state index in [1.165, 1.54) is 11.3 Å². The van der Waals surface area contributed by atoms with Gasteiger partial charge in [0.1, 0.15) is 23.1 Å². The first kappa shape index (κ1) is 21.3. The summed E-state index contributed by atoms with van der Waals surface area (Å²) in [6, 6.07) is 14.5. The van der Waals surface area contributed by atoms with E-state index in [0.29, 0.717) is 27.9 Å². The van der Waals surface area contributed by atoms with Gasteiger partial charge in [0, 0.05) is 10.9 Å². The third-order valence-electron chi connectivity index (χ3n) is 4.20. The second kappa shape index (κ2) is 10.4. The molecule has 0 aliphatic heterocycles. The first-order valence-corrected chi connectivity index (χ1v) is 10.1. The van der Waals surface area contributed by atoms with Gasteiger partial charge in [0.25, 0.3) is 0 Å². The molecule has 0 saturated carbocycles. The molecule has 2 aromatic carbocycles. The van der Waals surface area contributed by atoms with Crippen LogP contribution in [-0.2, 0) is 33.8 Å². The number of anilines is 1. The number of aromatic nitrogens is 1. The van der Waals surface area contributed by atoms with Crippen molar-refractivity contribution in [1.29, 1.82) is 0 Å². The van der Waals surface area contributed by atoms with Crippen molar-refractivity contribution >= 4 is 28.9 Å². The number of nitrogens with one attached hydrogen (secondary N) is 1. The fourth-order valence-corrected chi connectivity index (χ4v) is 3.56. The van der Waals surface area contributed by atoms with E-state index in [1.54, 1.807) is 37.8 Å². The van der Waals surface area contributed by atoms with Gasteiger partial charge in [-0.15, -0.1) is 11.3 Å². The molecule has 8 heteroatoms.